The second-order valence-corrected chi connectivity index (χ2v) is 39.9. The lowest BCUT2D eigenvalue weighted by molar-refractivity contribution is -0.120. The van der Waals surface area contributed by atoms with Gasteiger partial charge in [0, 0.05) is 110 Å². The lowest BCUT2D eigenvalue weighted by atomic mass is 9.89. The van der Waals surface area contributed by atoms with Crippen LogP contribution in [0.1, 0.15) is 108 Å². The number of anilines is 4. The third-order valence-corrected chi connectivity index (χ3v) is 30.7. The van der Waals surface area contributed by atoms with Gasteiger partial charge in [-0.05, 0) is 301 Å². The smallest absolute Gasteiger partial charge is 0.256 e. The number of para-hydroxylation sites is 1. The lowest BCUT2D eigenvalue weighted by Crippen LogP contribution is -2.44. The summed E-state index contributed by atoms with van der Waals surface area (Å²) in [6, 6.07) is 83.9. The van der Waals surface area contributed by atoms with Crippen LogP contribution >= 0.6 is 113 Å². The van der Waals surface area contributed by atoms with Crippen LogP contribution in [0.2, 0.25) is 0 Å². The van der Waals surface area contributed by atoms with Crippen LogP contribution < -0.4 is 38.5 Å². The molecule has 29 heteroatoms. The van der Waals surface area contributed by atoms with Gasteiger partial charge in [-0.15, -0.1) is 0 Å². The van der Waals surface area contributed by atoms with Gasteiger partial charge >= 0.3 is 0 Å². The zero-order valence-electron chi connectivity index (χ0n) is 74.2. The number of thiocarbonyl (C=S) groups is 4. The fourth-order valence-corrected chi connectivity index (χ4v) is 23.9. The Morgan fingerprint density at radius 1 is 0.309 bits per heavy atom. The van der Waals surface area contributed by atoms with E-state index in [1.165, 1.54) is 33.7 Å². The van der Waals surface area contributed by atoms with Crippen molar-refractivity contribution in [1.29, 1.82) is 0 Å². The van der Waals surface area contributed by atoms with Gasteiger partial charge in [0.25, 0.3) is 23.6 Å². The number of methoxy groups -OCH3 is 4. The first-order chi connectivity index (χ1) is 65.8. The molecule has 0 radical (unpaired) electrons. The van der Waals surface area contributed by atoms with Crippen LogP contribution in [0.15, 0.2) is 285 Å². The van der Waals surface area contributed by atoms with Crippen LogP contribution in [0.4, 0.5) is 27.1 Å². The number of hydrogen-bond donors (Lipinski definition) is 4. The monoisotopic (exact) mass is 2130 g/mol. The highest BCUT2D eigenvalue weighted by molar-refractivity contribution is 9.11. The van der Waals surface area contributed by atoms with Crippen molar-refractivity contribution >= 4 is 223 Å². The quantitative estimate of drug-likeness (QED) is 0.0843. The average molecular weight is 2130 g/mol. The van der Waals surface area contributed by atoms with E-state index in [1.807, 2.05) is 189 Å². The van der Waals surface area contributed by atoms with E-state index in [0.29, 0.717) is 51.8 Å². The van der Waals surface area contributed by atoms with Gasteiger partial charge in [-0.25, -0.2) is 4.39 Å². The molecule has 8 atom stereocenters. The number of fused-ring (bicyclic) bond motifs is 16. The second-order valence-electron chi connectivity index (χ2n) is 34.8. The maximum absolute atomic E-state index is 13.9. The Labute approximate surface area is 838 Å². The zero-order valence-corrected chi connectivity index (χ0v) is 83.8. The van der Waals surface area contributed by atoms with Crippen molar-refractivity contribution in [2.75, 3.05) is 48.0 Å². The fourth-order valence-electron chi connectivity index (χ4n) is 20.7. The molecule has 8 unspecified atom stereocenters. The number of H-pyrrole nitrogens is 4. The Morgan fingerprint density at radius 2 is 0.596 bits per heavy atom. The number of hydrogen-bond acceptors (Lipinski definition) is 12. The molecule has 136 heavy (non-hydrogen) atoms. The summed E-state index contributed by atoms with van der Waals surface area (Å²) in [5.74, 6) is 2.71. The van der Waals surface area contributed by atoms with E-state index < -0.39 is 6.04 Å². The molecule has 4 aromatic heterocycles. The van der Waals surface area contributed by atoms with Crippen LogP contribution in [-0.4, -0.2) is 136 Å². The number of aromatic nitrogens is 4. The first-order valence-corrected chi connectivity index (χ1v) is 49.0. The number of carbonyl (C=O) groups excluding carboxylic acids is 4. The van der Waals surface area contributed by atoms with Gasteiger partial charge in [0.05, 0.1) is 75.4 Å². The van der Waals surface area contributed by atoms with E-state index in [-0.39, 0.29) is 71.7 Å². The van der Waals surface area contributed by atoms with Crippen molar-refractivity contribution < 1.29 is 42.5 Å². The minimum Gasteiger partial charge on any atom is -0.497 e. The highest BCUT2D eigenvalue weighted by Gasteiger charge is 2.56. The normalized spacial score (nSPS) is 19.5. The van der Waals surface area contributed by atoms with Gasteiger partial charge in [0.2, 0.25) is 0 Å². The first kappa shape index (κ1) is 89.8. The van der Waals surface area contributed by atoms with Crippen LogP contribution in [0.3, 0.4) is 0 Å². The number of nitrogens with one attached hydrogen (secondary N) is 4. The SMILES string of the molecule is COc1ccc(C2c3[nH]c4ccc(Br)cc4c3CC3C(=O)N(c4ccc(C)cc4)C(=S)N32)cc1.COc1ccc(C2c3[nH]c4ccc(Br)cc4c3CC3C(=O)N(c4ccc(F)cc4)C(=S)N32)cc1.COc1ccc(C2c3[nH]c4ccc(Br)cc4c3CC3C(=O)N(c4cccc(C)c4)C(=S)N32)cc1.COc1ccc(C2c3[nH]c4ccc(Br)cc4c3CC3C(=O)N(c4ccccc4C)C(=S)N32)cc1. The molecular formula is C107H85Br4FN12O8S4. The van der Waals surface area contributed by atoms with Crippen molar-refractivity contribution in [1.82, 2.24) is 39.5 Å². The number of halogens is 5. The van der Waals surface area contributed by atoms with E-state index in [1.54, 1.807) is 55.3 Å². The molecule has 20 nitrogen and oxygen atoms in total. The number of benzene rings is 12. The van der Waals surface area contributed by atoms with E-state index in [4.69, 9.17) is 67.8 Å². The van der Waals surface area contributed by atoms with E-state index in [0.717, 1.165) is 169 Å². The van der Waals surface area contributed by atoms with Gasteiger partial charge < -0.3 is 58.5 Å². The van der Waals surface area contributed by atoms with Crippen LogP contribution in [-0.2, 0) is 44.9 Å². The van der Waals surface area contributed by atoms with Crippen LogP contribution in [0, 0.1) is 26.6 Å². The number of aryl methyl sites for hydroxylation is 3. The van der Waals surface area contributed by atoms with Gasteiger partial charge in [0.15, 0.2) is 20.4 Å². The van der Waals surface area contributed by atoms with Gasteiger partial charge in [-0.3, -0.25) is 38.8 Å². The summed E-state index contributed by atoms with van der Waals surface area (Å²) >= 11 is 38.2. The molecule has 4 saturated heterocycles. The summed E-state index contributed by atoms with van der Waals surface area (Å²) in [5, 5.41) is 6.50. The Hall–Kier alpha value is -12.7. The third kappa shape index (κ3) is 15.5. The third-order valence-electron chi connectivity index (χ3n) is 27.1. The highest BCUT2D eigenvalue weighted by atomic mass is 79.9. The summed E-state index contributed by atoms with van der Waals surface area (Å²) in [6.45, 7) is 6.07. The molecule has 4 amide bonds. The number of nitrogens with zero attached hydrogens (tertiary/aromatic N) is 8. The number of ether oxygens (including phenoxy) is 4. The fraction of sp³-hybridized carbons (Fsp3) is 0.178. The largest absolute Gasteiger partial charge is 0.497 e. The second kappa shape index (κ2) is 36.1. The highest BCUT2D eigenvalue weighted by Crippen LogP contribution is 2.52. The van der Waals surface area contributed by atoms with Crippen molar-refractivity contribution in [3.8, 4) is 23.0 Å². The molecular weight excluding hydrogens is 2050 g/mol. The molecule has 0 aliphatic carbocycles. The lowest BCUT2D eigenvalue weighted by Gasteiger charge is -2.37. The minimum atomic E-state index is -0.463. The maximum Gasteiger partial charge on any atom is 0.256 e. The molecule has 12 heterocycles. The van der Waals surface area contributed by atoms with Crippen molar-refractivity contribution in [3.05, 3.63) is 375 Å². The first-order valence-electron chi connectivity index (χ1n) is 44.2. The summed E-state index contributed by atoms with van der Waals surface area (Å²) in [6.07, 6.45) is 2.31. The summed E-state index contributed by atoms with van der Waals surface area (Å²) < 4.78 is 39.1. The van der Waals surface area contributed by atoms with Crippen molar-refractivity contribution in [3.63, 3.8) is 0 Å². The number of rotatable bonds is 12. The Bertz CT molecular complexity index is 7390. The molecule has 4 fully saturated rings. The standard InChI is InChI=1S/3C27H22BrN3O2S.C26H19BrFN3O2S/c1-15-3-8-18(9-4-15)30-26(32)23-14-21-20-13-17(28)7-12-22(20)29-24(21)25(31(23)27(30)34)16-5-10-19(33-2)11-6-16;1-15-4-3-5-18(12-15)30-26(32)23-14-21-20-13-17(28)8-11-22(20)29-24(21)25(31(23)27(30)34)16-6-9-19(33-2)10-7-16;1-15-5-3-4-6-22(15)31-26(32)23-14-20-19-13-17(28)9-12-21(19)29-24(20)25(30(23)27(31)34)16-7-10-18(33-2)11-8-16;1-33-18-9-2-14(3-10-18)24-23-20(19-12-15(27)4-11-21(19)29-23)13-22-25(32)30(26(34)31(22)24)17-7-5-16(28)6-8-17/h3*3-13,23,25,29H,14H2,1-2H3;2-12,22,24,29H,13H2,1H3. The maximum atomic E-state index is 13.9. The van der Waals surface area contributed by atoms with Crippen LogP contribution in [0.5, 0.6) is 23.0 Å². The molecule has 12 aromatic carbocycles. The zero-order chi connectivity index (χ0) is 94.2. The Balaban J connectivity index is 0.000000108. The molecule has 8 aliphatic rings. The molecule has 16 aromatic rings. The summed E-state index contributed by atoms with van der Waals surface area (Å²) in [4.78, 5) is 84.7. The molecule has 0 bridgehead atoms. The Morgan fingerprint density at radius 3 is 0.897 bits per heavy atom. The molecule has 4 N–H and O–H groups in total. The van der Waals surface area contributed by atoms with Gasteiger partial charge in [0.1, 0.15) is 53.0 Å². The van der Waals surface area contributed by atoms with E-state index in [9.17, 15) is 23.6 Å². The molecule has 0 saturated carbocycles. The summed E-state index contributed by atoms with van der Waals surface area (Å²) in [7, 11) is 6.61. The van der Waals surface area contributed by atoms with Gasteiger partial charge in [-0.2, -0.15) is 0 Å². The molecule has 0 spiro atoms. The molecule has 680 valence electrons. The Kier molecular flexibility index (Phi) is 23.8. The minimum absolute atomic E-state index is 0.0161. The number of carbonyl (C=O) groups is 4. The van der Waals surface area contributed by atoms with Crippen LogP contribution in [0.25, 0.3) is 43.6 Å². The summed E-state index contributed by atoms with van der Waals surface area (Å²) in [5.41, 5.74) is 23.5. The number of aromatic amines is 4. The van der Waals surface area contributed by atoms with E-state index in [2.05, 4.69) is 177 Å². The predicted molar refractivity (Wildman–Crippen MR) is 561 cm³/mol. The molecule has 24 rings (SSSR count). The predicted octanol–water partition coefficient (Wildman–Crippen LogP) is 23.4. The van der Waals surface area contributed by atoms with Crippen molar-refractivity contribution in [2.45, 2.75) is 94.8 Å². The topological polar surface area (TPSA) is 194 Å². The molecule has 8 aliphatic heterocycles. The average Bonchev–Trinajstić information content (AvgIpc) is 1.57. The number of amides is 4. The van der Waals surface area contributed by atoms with Gasteiger partial charge in [-0.1, -0.05) is 160 Å². The van der Waals surface area contributed by atoms with Crippen molar-refractivity contribution in [2.24, 2.45) is 0 Å². The van der Waals surface area contributed by atoms with E-state index >= 15 is 0 Å².